The fourth-order valence-electron chi connectivity index (χ4n) is 3.82. The van der Waals surface area contributed by atoms with Crippen LogP contribution in [0.1, 0.15) is 24.9 Å². The van der Waals surface area contributed by atoms with Gasteiger partial charge >= 0.3 is 6.18 Å². The summed E-state index contributed by atoms with van der Waals surface area (Å²) in [7, 11) is 0. The van der Waals surface area contributed by atoms with Gasteiger partial charge in [-0.05, 0) is 13.0 Å². The van der Waals surface area contributed by atoms with Crippen LogP contribution in [0.5, 0.6) is 0 Å². The summed E-state index contributed by atoms with van der Waals surface area (Å²) in [5.74, 6) is 0.162. The Morgan fingerprint density at radius 2 is 1.88 bits per heavy atom. The number of aromatic nitrogens is 5. The van der Waals surface area contributed by atoms with Crippen LogP contribution in [-0.4, -0.2) is 74.9 Å². The van der Waals surface area contributed by atoms with Crippen molar-refractivity contribution in [2.75, 3.05) is 44.3 Å². The molecule has 0 spiro atoms. The third-order valence-corrected chi connectivity index (χ3v) is 5.73. The predicted octanol–water partition coefficient (Wildman–Crippen LogP) is 1.85. The van der Waals surface area contributed by atoms with E-state index in [1.807, 2.05) is 11.5 Å². The molecule has 34 heavy (non-hydrogen) atoms. The Morgan fingerprint density at radius 1 is 1.18 bits per heavy atom. The predicted molar refractivity (Wildman–Crippen MR) is 116 cm³/mol. The monoisotopic (exact) mass is 479 g/mol. The van der Waals surface area contributed by atoms with Gasteiger partial charge in [0.25, 0.3) is 5.56 Å². The standard InChI is InChI=1S/C21H24F3N7O3/c1-14(31-4-2-16-17(31)12-27-28-19(16)33)13-34-9-3-18(32)29-5-7-30(8-6-29)20-25-10-15(11-26-20)21(22,23)24/h2,4,10-12,14H,3,5-9,13H2,1H3,(H,28,33)/t14-/m1/s1. The van der Waals surface area contributed by atoms with E-state index in [-0.39, 0.29) is 36.5 Å². The Hall–Kier alpha value is -3.48. The normalized spacial score (nSPS) is 15.6. The van der Waals surface area contributed by atoms with Gasteiger partial charge in [-0.1, -0.05) is 0 Å². The van der Waals surface area contributed by atoms with Crippen LogP contribution in [0.3, 0.4) is 0 Å². The van der Waals surface area contributed by atoms with Crippen LogP contribution < -0.4 is 10.5 Å². The van der Waals surface area contributed by atoms with Crippen molar-refractivity contribution in [1.29, 1.82) is 0 Å². The van der Waals surface area contributed by atoms with E-state index in [1.165, 1.54) is 0 Å². The van der Waals surface area contributed by atoms with E-state index in [4.69, 9.17) is 4.74 Å². The molecule has 1 fully saturated rings. The fourth-order valence-corrected chi connectivity index (χ4v) is 3.82. The Morgan fingerprint density at radius 3 is 2.56 bits per heavy atom. The zero-order valence-corrected chi connectivity index (χ0v) is 18.5. The summed E-state index contributed by atoms with van der Waals surface area (Å²) >= 11 is 0. The summed E-state index contributed by atoms with van der Waals surface area (Å²) in [4.78, 5) is 35.4. The van der Waals surface area contributed by atoms with Crippen LogP contribution in [0.15, 0.2) is 35.6 Å². The van der Waals surface area contributed by atoms with Gasteiger partial charge in [0.1, 0.15) is 0 Å². The van der Waals surface area contributed by atoms with Gasteiger partial charge in [0.15, 0.2) is 0 Å². The van der Waals surface area contributed by atoms with E-state index in [9.17, 15) is 22.8 Å². The van der Waals surface area contributed by atoms with Crippen molar-refractivity contribution in [3.05, 3.63) is 46.8 Å². The third-order valence-electron chi connectivity index (χ3n) is 5.73. The molecule has 4 heterocycles. The number of piperazine rings is 1. The minimum Gasteiger partial charge on any atom is -0.379 e. The SMILES string of the molecule is C[C@H](COCCC(=O)N1CCN(c2ncc(C(F)(F)F)cn2)CC1)n1ccc2c(=O)[nH]ncc21. The van der Waals surface area contributed by atoms with Crippen LogP contribution in [0, 0.1) is 0 Å². The molecule has 1 aliphatic heterocycles. The first-order chi connectivity index (χ1) is 16.2. The third kappa shape index (κ3) is 5.19. The molecule has 0 aromatic carbocycles. The summed E-state index contributed by atoms with van der Waals surface area (Å²) in [5.41, 5.74) is -0.430. The first-order valence-electron chi connectivity index (χ1n) is 10.8. The van der Waals surface area contributed by atoms with Crippen LogP contribution in [0.25, 0.3) is 10.9 Å². The van der Waals surface area contributed by atoms with Gasteiger partial charge in [-0.15, -0.1) is 0 Å². The highest BCUT2D eigenvalue weighted by Gasteiger charge is 2.32. The number of nitrogens with zero attached hydrogens (tertiary/aromatic N) is 6. The van der Waals surface area contributed by atoms with Crippen molar-refractivity contribution in [2.24, 2.45) is 0 Å². The second kappa shape index (κ2) is 9.79. The van der Waals surface area contributed by atoms with E-state index in [1.54, 1.807) is 28.3 Å². The lowest BCUT2D eigenvalue weighted by molar-refractivity contribution is -0.138. The number of nitrogens with one attached hydrogen (secondary N) is 1. The average molecular weight is 479 g/mol. The highest BCUT2D eigenvalue weighted by Crippen LogP contribution is 2.28. The van der Waals surface area contributed by atoms with E-state index >= 15 is 0 Å². The number of anilines is 1. The van der Waals surface area contributed by atoms with Gasteiger partial charge < -0.3 is 19.1 Å². The summed E-state index contributed by atoms with van der Waals surface area (Å²) in [6, 6.07) is 1.68. The number of hydrogen-bond acceptors (Lipinski definition) is 7. The summed E-state index contributed by atoms with van der Waals surface area (Å²) in [6.45, 7) is 4.29. The molecule has 1 atom stereocenters. The van der Waals surface area contributed by atoms with E-state index < -0.39 is 11.7 Å². The Labute approximate surface area is 192 Å². The van der Waals surface area contributed by atoms with Crippen LogP contribution in [0.4, 0.5) is 19.1 Å². The lowest BCUT2D eigenvalue weighted by atomic mass is 10.3. The Kier molecular flexibility index (Phi) is 6.82. The Bertz CT molecular complexity index is 1180. The van der Waals surface area contributed by atoms with Gasteiger partial charge in [-0.25, -0.2) is 15.1 Å². The number of carbonyl (C=O) groups excluding carboxylic acids is 1. The first kappa shape index (κ1) is 23.7. The highest BCUT2D eigenvalue weighted by atomic mass is 19.4. The van der Waals surface area contributed by atoms with E-state index in [2.05, 4.69) is 20.2 Å². The smallest absolute Gasteiger partial charge is 0.379 e. The molecule has 1 saturated heterocycles. The molecular weight excluding hydrogens is 455 g/mol. The van der Waals surface area contributed by atoms with Gasteiger partial charge in [0.2, 0.25) is 11.9 Å². The van der Waals surface area contributed by atoms with Gasteiger partial charge in [-0.3, -0.25) is 9.59 Å². The van der Waals surface area contributed by atoms with Gasteiger partial charge in [0.05, 0.1) is 48.3 Å². The average Bonchev–Trinajstić information content (AvgIpc) is 3.27. The van der Waals surface area contributed by atoms with Crippen LogP contribution in [-0.2, 0) is 15.7 Å². The van der Waals surface area contributed by atoms with Crippen molar-refractivity contribution in [2.45, 2.75) is 25.6 Å². The molecule has 10 nitrogen and oxygen atoms in total. The maximum absolute atomic E-state index is 12.7. The molecule has 13 heteroatoms. The maximum Gasteiger partial charge on any atom is 0.419 e. The number of amides is 1. The molecule has 0 unspecified atom stereocenters. The van der Waals surface area contributed by atoms with Crippen molar-refractivity contribution < 1.29 is 22.7 Å². The number of fused-ring (bicyclic) bond motifs is 1. The number of hydrogen-bond donors (Lipinski definition) is 1. The number of ether oxygens (including phenoxy) is 1. The lowest BCUT2D eigenvalue weighted by Crippen LogP contribution is -2.49. The quantitative estimate of drug-likeness (QED) is 0.515. The van der Waals surface area contributed by atoms with Crippen molar-refractivity contribution >= 4 is 22.8 Å². The fraction of sp³-hybridized carbons (Fsp3) is 0.476. The maximum atomic E-state index is 12.7. The molecule has 0 bridgehead atoms. The summed E-state index contributed by atoms with van der Waals surface area (Å²) in [6.07, 6.45) is 0.673. The molecule has 0 saturated carbocycles. The number of aromatic amines is 1. The number of halogens is 3. The second-order valence-electron chi connectivity index (χ2n) is 8.03. The molecule has 1 N–H and O–H groups in total. The molecule has 0 radical (unpaired) electrons. The molecule has 3 aromatic heterocycles. The zero-order valence-electron chi connectivity index (χ0n) is 18.5. The zero-order chi connectivity index (χ0) is 24.3. The van der Waals surface area contributed by atoms with Crippen molar-refractivity contribution in [3.8, 4) is 0 Å². The minimum absolute atomic E-state index is 0.0523. The largest absolute Gasteiger partial charge is 0.419 e. The van der Waals surface area contributed by atoms with Crippen molar-refractivity contribution in [1.82, 2.24) is 29.6 Å². The number of rotatable bonds is 7. The molecule has 1 amide bonds. The van der Waals surface area contributed by atoms with Crippen molar-refractivity contribution in [3.63, 3.8) is 0 Å². The van der Waals surface area contributed by atoms with Gasteiger partial charge in [0, 0.05) is 44.8 Å². The van der Waals surface area contributed by atoms with E-state index in [0.717, 1.165) is 12.4 Å². The molecule has 1 aliphatic rings. The number of carbonyl (C=O) groups is 1. The van der Waals surface area contributed by atoms with Crippen LogP contribution in [0.2, 0.25) is 0 Å². The summed E-state index contributed by atoms with van der Waals surface area (Å²) < 4.78 is 45.6. The second-order valence-corrected chi connectivity index (χ2v) is 8.03. The van der Waals surface area contributed by atoms with E-state index in [0.29, 0.717) is 43.7 Å². The molecular formula is C21H24F3N7O3. The van der Waals surface area contributed by atoms with Gasteiger partial charge in [-0.2, -0.15) is 18.3 Å². The topological polar surface area (TPSA) is 109 Å². The molecule has 0 aliphatic carbocycles. The molecule has 182 valence electrons. The number of alkyl halides is 3. The molecule has 4 rings (SSSR count). The summed E-state index contributed by atoms with van der Waals surface area (Å²) in [5, 5.41) is 6.78. The van der Waals surface area contributed by atoms with Crippen LogP contribution >= 0.6 is 0 Å². The molecule has 3 aromatic rings. The number of H-pyrrole nitrogens is 1. The highest BCUT2D eigenvalue weighted by molar-refractivity contribution is 5.78. The first-order valence-corrected chi connectivity index (χ1v) is 10.8. The minimum atomic E-state index is -4.48. The Balaban J connectivity index is 1.20. The lowest BCUT2D eigenvalue weighted by Gasteiger charge is -2.34.